The molecule has 0 unspecified atom stereocenters. The summed E-state index contributed by atoms with van der Waals surface area (Å²) >= 11 is 0. The van der Waals surface area contributed by atoms with Gasteiger partial charge in [-0.1, -0.05) is 6.07 Å². The van der Waals surface area contributed by atoms with Gasteiger partial charge in [0.05, 0.1) is 13.3 Å². The Hall–Kier alpha value is -3.48. The Kier molecular flexibility index (Phi) is 3.31. The molecule has 118 valence electrons. The molecule has 0 amide bonds. The van der Waals surface area contributed by atoms with Crippen molar-refractivity contribution in [3.8, 4) is 5.75 Å². The van der Waals surface area contributed by atoms with E-state index in [1.54, 1.807) is 31.8 Å². The number of nitrogens with zero attached hydrogens (tertiary/aromatic N) is 4. The summed E-state index contributed by atoms with van der Waals surface area (Å²) in [6.07, 6.45) is 6.31. The predicted molar refractivity (Wildman–Crippen MR) is 91.6 cm³/mol. The van der Waals surface area contributed by atoms with Gasteiger partial charge in [0.1, 0.15) is 23.1 Å². The van der Waals surface area contributed by atoms with Crippen LogP contribution >= 0.6 is 0 Å². The number of nitrogens with one attached hydrogen (secondary N) is 1. The summed E-state index contributed by atoms with van der Waals surface area (Å²) in [5.74, 6) is 0.712. The smallest absolute Gasteiger partial charge is 0.298 e. The molecule has 4 aromatic rings. The molecule has 0 bridgehead atoms. The van der Waals surface area contributed by atoms with Crippen LogP contribution in [0.3, 0.4) is 0 Å². The standard InChI is InChI=1S/C17H13N5O2/c1-24-12-4-5-14-13(7-12)15-16(21-14)17(23)22(10-19-15)20-9-11-3-2-6-18-8-11/h2-10,21H,1H3/b20-9+. The number of hydrogen-bond acceptors (Lipinski definition) is 5. The molecule has 0 aliphatic carbocycles. The minimum absolute atomic E-state index is 0.268. The van der Waals surface area contributed by atoms with Crippen molar-refractivity contribution in [2.45, 2.75) is 0 Å². The normalized spacial score (nSPS) is 11.5. The summed E-state index contributed by atoms with van der Waals surface area (Å²) < 4.78 is 6.42. The number of hydrogen-bond donors (Lipinski definition) is 1. The van der Waals surface area contributed by atoms with E-state index in [2.05, 4.69) is 20.1 Å². The lowest BCUT2D eigenvalue weighted by molar-refractivity contribution is 0.415. The Bertz CT molecular complexity index is 1110. The van der Waals surface area contributed by atoms with Gasteiger partial charge in [0.15, 0.2) is 0 Å². The molecule has 3 heterocycles. The highest BCUT2D eigenvalue weighted by Crippen LogP contribution is 2.25. The van der Waals surface area contributed by atoms with Gasteiger partial charge in [-0.05, 0) is 24.3 Å². The van der Waals surface area contributed by atoms with Crippen molar-refractivity contribution in [3.63, 3.8) is 0 Å². The monoisotopic (exact) mass is 319 g/mol. The third-order valence-electron chi connectivity index (χ3n) is 3.71. The summed E-state index contributed by atoms with van der Waals surface area (Å²) in [5, 5.41) is 5.00. The molecule has 0 aliphatic rings. The number of benzene rings is 1. The van der Waals surface area contributed by atoms with Crippen LogP contribution in [0.2, 0.25) is 0 Å². The summed E-state index contributed by atoms with van der Waals surface area (Å²) in [5.41, 5.74) is 2.36. The van der Waals surface area contributed by atoms with E-state index in [4.69, 9.17) is 4.74 Å². The Labute approximate surface area is 136 Å². The zero-order valence-corrected chi connectivity index (χ0v) is 12.8. The van der Waals surface area contributed by atoms with Gasteiger partial charge in [0.2, 0.25) is 0 Å². The molecular weight excluding hydrogens is 306 g/mol. The van der Waals surface area contributed by atoms with E-state index in [1.807, 2.05) is 24.3 Å². The van der Waals surface area contributed by atoms with E-state index in [-0.39, 0.29) is 5.56 Å². The maximum absolute atomic E-state index is 12.6. The van der Waals surface area contributed by atoms with E-state index >= 15 is 0 Å². The molecule has 0 saturated carbocycles. The van der Waals surface area contributed by atoms with Crippen LogP contribution < -0.4 is 10.3 Å². The third-order valence-corrected chi connectivity index (χ3v) is 3.71. The molecule has 0 aliphatic heterocycles. The van der Waals surface area contributed by atoms with E-state index in [9.17, 15) is 4.79 Å². The van der Waals surface area contributed by atoms with Crippen LogP contribution in [-0.2, 0) is 0 Å². The second-order valence-corrected chi connectivity index (χ2v) is 5.19. The summed E-state index contributed by atoms with van der Waals surface area (Å²) in [6, 6.07) is 9.19. The highest BCUT2D eigenvalue weighted by atomic mass is 16.5. The molecule has 1 N–H and O–H groups in total. The van der Waals surface area contributed by atoms with E-state index < -0.39 is 0 Å². The first-order chi connectivity index (χ1) is 11.8. The fraction of sp³-hybridized carbons (Fsp3) is 0.0588. The van der Waals surface area contributed by atoms with Crippen molar-refractivity contribution in [2.75, 3.05) is 7.11 Å². The maximum atomic E-state index is 12.6. The molecule has 7 nitrogen and oxygen atoms in total. The first-order valence-corrected chi connectivity index (χ1v) is 7.28. The number of pyridine rings is 1. The number of fused-ring (bicyclic) bond motifs is 3. The summed E-state index contributed by atoms with van der Waals surface area (Å²) in [4.78, 5) is 24.1. The predicted octanol–water partition coefficient (Wildman–Crippen LogP) is 2.16. The van der Waals surface area contributed by atoms with Gasteiger partial charge in [-0.2, -0.15) is 9.78 Å². The number of aromatic nitrogens is 4. The van der Waals surface area contributed by atoms with Crippen LogP contribution in [0.5, 0.6) is 5.75 Å². The van der Waals surface area contributed by atoms with Crippen LogP contribution in [-0.4, -0.2) is 33.0 Å². The molecule has 0 saturated heterocycles. The van der Waals surface area contributed by atoms with Crippen molar-refractivity contribution >= 4 is 28.2 Å². The van der Waals surface area contributed by atoms with Crippen molar-refractivity contribution in [1.29, 1.82) is 0 Å². The summed E-state index contributed by atoms with van der Waals surface area (Å²) in [7, 11) is 1.60. The first-order valence-electron chi connectivity index (χ1n) is 7.28. The Morgan fingerprint density at radius 3 is 3.04 bits per heavy atom. The molecule has 4 rings (SSSR count). The zero-order valence-electron chi connectivity index (χ0n) is 12.8. The van der Waals surface area contributed by atoms with E-state index in [0.717, 1.165) is 16.5 Å². The van der Waals surface area contributed by atoms with E-state index in [0.29, 0.717) is 16.8 Å². The molecule has 0 fully saturated rings. The van der Waals surface area contributed by atoms with Crippen molar-refractivity contribution in [1.82, 2.24) is 19.6 Å². The largest absolute Gasteiger partial charge is 0.497 e. The average molecular weight is 319 g/mol. The highest BCUT2D eigenvalue weighted by Gasteiger charge is 2.11. The van der Waals surface area contributed by atoms with Crippen LogP contribution in [0.15, 0.2) is 58.9 Å². The number of ether oxygens (including phenoxy) is 1. The van der Waals surface area contributed by atoms with Gasteiger partial charge in [-0.3, -0.25) is 9.78 Å². The number of methoxy groups -OCH3 is 1. The molecule has 0 spiro atoms. The topological polar surface area (TPSA) is 85.2 Å². The van der Waals surface area contributed by atoms with Gasteiger partial charge >= 0.3 is 0 Å². The van der Waals surface area contributed by atoms with Crippen LogP contribution in [0.4, 0.5) is 0 Å². The fourth-order valence-electron chi connectivity index (χ4n) is 2.52. The third kappa shape index (κ3) is 2.32. The van der Waals surface area contributed by atoms with Crippen molar-refractivity contribution < 1.29 is 4.74 Å². The van der Waals surface area contributed by atoms with Crippen LogP contribution in [0, 0.1) is 0 Å². The van der Waals surface area contributed by atoms with E-state index in [1.165, 1.54) is 11.0 Å². The lowest BCUT2D eigenvalue weighted by Gasteiger charge is -1.99. The minimum atomic E-state index is -0.268. The zero-order chi connectivity index (χ0) is 16.5. The average Bonchev–Trinajstić information content (AvgIpc) is 3.00. The Morgan fingerprint density at radius 2 is 2.25 bits per heavy atom. The SMILES string of the molecule is COc1ccc2[nH]c3c(=O)n(/N=C/c4cccnc4)cnc3c2c1. The van der Waals surface area contributed by atoms with Gasteiger partial charge in [-0.15, -0.1) is 0 Å². The number of rotatable bonds is 3. The van der Waals surface area contributed by atoms with Crippen molar-refractivity contribution in [2.24, 2.45) is 5.10 Å². The van der Waals surface area contributed by atoms with Gasteiger partial charge < -0.3 is 9.72 Å². The second kappa shape index (κ2) is 5.62. The van der Waals surface area contributed by atoms with Crippen LogP contribution in [0.1, 0.15) is 5.56 Å². The van der Waals surface area contributed by atoms with Crippen LogP contribution in [0.25, 0.3) is 21.9 Å². The molecule has 24 heavy (non-hydrogen) atoms. The Balaban J connectivity index is 1.85. The maximum Gasteiger partial charge on any atom is 0.298 e. The highest BCUT2D eigenvalue weighted by molar-refractivity contribution is 6.04. The van der Waals surface area contributed by atoms with Gasteiger partial charge in [0, 0.05) is 28.9 Å². The molecule has 0 atom stereocenters. The molecule has 1 aromatic carbocycles. The molecule has 0 radical (unpaired) electrons. The quantitative estimate of drug-likeness (QED) is 0.586. The first kappa shape index (κ1) is 14.1. The molecule has 3 aromatic heterocycles. The fourth-order valence-corrected chi connectivity index (χ4v) is 2.52. The van der Waals surface area contributed by atoms with Crippen molar-refractivity contribution in [3.05, 3.63) is 65.0 Å². The lowest BCUT2D eigenvalue weighted by Crippen LogP contribution is -2.17. The summed E-state index contributed by atoms with van der Waals surface area (Å²) in [6.45, 7) is 0. The van der Waals surface area contributed by atoms with Gasteiger partial charge in [-0.25, -0.2) is 4.98 Å². The molecule has 7 heteroatoms. The lowest BCUT2D eigenvalue weighted by atomic mass is 10.2. The Morgan fingerprint density at radius 1 is 1.33 bits per heavy atom. The second-order valence-electron chi connectivity index (χ2n) is 5.19. The number of aromatic amines is 1. The number of H-pyrrole nitrogens is 1. The minimum Gasteiger partial charge on any atom is -0.497 e. The molecular formula is C17H13N5O2. The van der Waals surface area contributed by atoms with Gasteiger partial charge in [0.25, 0.3) is 5.56 Å².